The van der Waals surface area contributed by atoms with Crippen molar-refractivity contribution in [2.75, 3.05) is 19.8 Å². The van der Waals surface area contributed by atoms with Gasteiger partial charge in [-0.1, -0.05) is 39.0 Å². The predicted octanol–water partition coefficient (Wildman–Crippen LogP) is 3.10. The molecule has 2 nitrogen and oxygen atoms in total. The Kier molecular flexibility index (Phi) is 6.26. The molecule has 90 valence electrons. The van der Waals surface area contributed by atoms with Gasteiger partial charge in [-0.3, -0.25) is 0 Å². The second-order valence-electron chi connectivity index (χ2n) is 4.98. The highest BCUT2D eigenvalue weighted by atomic mass is 16.5. The summed E-state index contributed by atoms with van der Waals surface area (Å²) in [5, 5.41) is 0. The van der Waals surface area contributed by atoms with Gasteiger partial charge < -0.3 is 10.5 Å². The number of ether oxygens (including phenoxy) is 1. The summed E-state index contributed by atoms with van der Waals surface area (Å²) in [6.07, 6.45) is 10.5. The minimum Gasteiger partial charge on any atom is -0.381 e. The zero-order valence-electron chi connectivity index (χ0n) is 10.3. The van der Waals surface area contributed by atoms with Crippen LogP contribution in [0.1, 0.15) is 58.3 Å². The third-order valence-electron chi connectivity index (χ3n) is 3.80. The lowest BCUT2D eigenvalue weighted by molar-refractivity contribution is 0.0134. The van der Waals surface area contributed by atoms with Gasteiger partial charge in [0.05, 0.1) is 0 Å². The van der Waals surface area contributed by atoms with E-state index in [0.717, 1.165) is 19.8 Å². The van der Waals surface area contributed by atoms with Gasteiger partial charge in [0.1, 0.15) is 0 Å². The van der Waals surface area contributed by atoms with Gasteiger partial charge in [-0.05, 0) is 31.2 Å². The van der Waals surface area contributed by atoms with Crippen LogP contribution in [0.15, 0.2) is 0 Å². The Labute approximate surface area is 94.6 Å². The zero-order valence-corrected chi connectivity index (χ0v) is 10.3. The largest absolute Gasteiger partial charge is 0.381 e. The van der Waals surface area contributed by atoms with E-state index in [1.807, 2.05) is 0 Å². The van der Waals surface area contributed by atoms with Crippen molar-refractivity contribution in [3.8, 4) is 0 Å². The van der Waals surface area contributed by atoms with E-state index in [-0.39, 0.29) is 0 Å². The van der Waals surface area contributed by atoms with Gasteiger partial charge in [0, 0.05) is 13.2 Å². The van der Waals surface area contributed by atoms with E-state index < -0.39 is 0 Å². The molecule has 0 amide bonds. The van der Waals surface area contributed by atoms with E-state index in [1.165, 1.54) is 51.4 Å². The number of hydrogen-bond acceptors (Lipinski definition) is 2. The lowest BCUT2D eigenvalue weighted by Gasteiger charge is -2.36. The van der Waals surface area contributed by atoms with Gasteiger partial charge in [-0.25, -0.2) is 0 Å². The van der Waals surface area contributed by atoms with Gasteiger partial charge in [-0.2, -0.15) is 0 Å². The Hall–Kier alpha value is -0.0800. The van der Waals surface area contributed by atoms with Crippen molar-refractivity contribution in [1.82, 2.24) is 0 Å². The number of unbranched alkanes of at least 4 members (excludes halogenated alkanes) is 4. The van der Waals surface area contributed by atoms with Crippen LogP contribution in [-0.2, 0) is 4.74 Å². The summed E-state index contributed by atoms with van der Waals surface area (Å²) in [6, 6.07) is 0. The van der Waals surface area contributed by atoms with Crippen molar-refractivity contribution in [3.05, 3.63) is 0 Å². The number of rotatable bonds is 7. The quantitative estimate of drug-likeness (QED) is 0.660. The number of hydrogen-bond donors (Lipinski definition) is 1. The summed E-state index contributed by atoms with van der Waals surface area (Å²) < 4.78 is 5.42. The maximum atomic E-state index is 5.92. The van der Waals surface area contributed by atoms with E-state index >= 15 is 0 Å². The van der Waals surface area contributed by atoms with Gasteiger partial charge in [-0.15, -0.1) is 0 Å². The Morgan fingerprint density at radius 1 is 1.07 bits per heavy atom. The smallest absolute Gasteiger partial charge is 0.0471 e. The highest BCUT2D eigenvalue weighted by Gasteiger charge is 2.30. The van der Waals surface area contributed by atoms with Gasteiger partial charge >= 0.3 is 0 Å². The summed E-state index contributed by atoms with van der Waals surface area (Å²) in [5.74, 6) is 0. The van der Waals surface area contributed by atoms with Crippen molar-refractivity contribution in [2.24, 2.45) is 11.1 Å². The molecule has 0 saturated carbocycles. The fraction of sp³-hybridized carbons (Fsp3) is 1.00. The van der Waals surface area contributed by atoms with Gasteiger partial charge in [0.15, 0.2) is 0 Å². The first kappa shape index (κ1) is 13.0. The molecule has 0 radical (unpaired) electrons. The third-order valence-corrected chi connectivity index (χ3v) is 3.80. The maximum Gasteiger partial charge on any atom is 0.0471 e. The van der Waals surface area contributed by atoms with Crippen LogP contribution in [-0.4, -0.2) is 19.8 Å². The van der Waals surface area contributed by atoms with Crippen LogP contribution in [0.2, 0.25) is 0 Å². The molecule has 2 N–H and O–H groups in total. The average Bonchev–Trinajstić information content (AvgIpc) is 2.30. The van der Waals surface area contributed by atoms with E-state index in [0.29, 0.717) is 5.41 Å². The minimum atomic E-state index is 0.421. The van der Waals surface area contributed by atoms with Crippen LogP contribution in [0, 0.1) is 5.41 Å². The molecule has 2 heteroatoms. The van der Waals surface area contributed by atoms with Crippen LogP contribution >= 0.6 is 0 Å². The molecule has 1 saturated heterocycles. The van der Waals surface area contributed by atoms with E-state index in [9.17, 15) is 0 Å². The molecular weight excluding hydrogens is 186 g/mol. The minimum absolute atomic E-state index is 0.421. The topological polar surface area (TPSA) is 35.2 Å². The maximum absolute atomic E-state index is 5.92. The monoisotopic (exact) mass is 213 g/mol. The summed E-state index contributed by atoms with van der Waals surface area (Å²) >= 11 is 0. The molecule has 1 aliphatic rings. The highest BCUT2D eigenvalue weighted by molar-refractivity contribution is 4.82. The summed E-state index contributed by atoms with van der Waals surface area (Å²) in [4.78, 5) is 0. The Balaban J connectivity index is 2.15. The molecule has 0 aromatic heterocycles. The molecule has 1 heterocycles. The fourth-order valence-electron chi connectivity index (χ4n) is 2.46. The van der Waals surface area contributed by atoms with Crippen molar-refractivity contribution in [3.63, 3.8) is 0 Å². The molecule has 0 unspecified atom stereocenters. The molecule has 0 atom stereocenters. The first-order chi connectivity index (χ1) is 7.33. The molecule has 0 aliphatic carbocycles. The Bertz CT molecular complexity index is 153. The SMILES string of the molecule is CCCCCCCC1(CN)CCOCC1. The van der Waals surface area contributed by atoms with Crippen LogP contribution in [0.3, 0.4) is 0 Å². The fourth-order valence-corrected chi connectivity index (χ4v) is 2.46. The summed E-state index contributed by atoms with van der Waals surface area (Å²) in [6.45, 7) is 4.96. The van der Waals surface area contributed by atoms with Crippen LogP contribution in [0.4, 0.5) is 0 Å². The molecular formula is C13H27NO. The van der Waals surface area contributed by atoms with E-state index in [4.69, 9.17) is 10.5 Å². The van der Waals surface area contributed by atoms with Crippen molar-refractivity contribution < 1.29 is 4.74 Å². The average molecular weight is 213 g/mol. The first-order valence-corrected chi connectivity index (χ1v) is 6.61. The lowest BCUT2D eigenvalue weighted by atomic mass is 9.76. The van der Waals surface area contributed by atoms with Crippen LogP contribution < -0.4 is 5.73 Å². The molecule has 15 heavy (non-hydrogen) atoms. The highest BCUT2D eigenvalue weighted by Crippen LogP contribution is 2.34. The standard InChI is InChI=1S/C13H27NO/c1-2-3-4-5-6-7-13(12-14)8-10-15-11-9-13/h2-12,14H2,1H3. The molecule has 0 bridgehead atoms. The normalized spacial score (nSPS) is 20.4. The second kappa shape index (κ2) is 7.24. The summed E-state index contributed by atoms with van der Waals surface area (Å²) in [5.41, 5.74) is 6.34. The number of nitrogens with two attached hydrogens (primary N) is 1. The van der Waals surface area contributed by atoms with Crippen molar-refractivity contribution in [2.45, 2.75) is 58.3 Å². The third kappa shape index (κ3) is 4.52. The zero-order chi connectivity index (χ0) is 11.0. The predicted molar refractivity (Wildman–Crippen MR) is 64.9 cm³/mol. The molecule has 1 aliphatic heterocycles. The molecule has 1 rings (SSSR count). The summed E-state index contributed by atoms with van der Waals surface area (Å²) in [7, 11) is 0. The molecule has 0 aromatic rings. The van der Waals surface area contributed by atoms with E-state index in [1.54, 1.807) is 0 Å². The lowest BCUT2D eigenvalue weighted by Crippen LogP contribution is -2.36. The Morgan fingerprint density at radius 3 is 2.33 bits per heavy atom. The van der Waals surface area contributed by atoms with Crippen molar-refractivity contribution in [1.29, 1.82) is 0 Å². The first-order valence-electron chi connectivity index (χ1n) is 6.61. The molecule has 1 fully saturated rings. The van der Waals surface area contributed by atoms with Crippen LogP contribution in [0.25, 0.3) is 0 Å². The van der Waals surface area contributed by atoms with Crippen molar-refractivity contribution >= 4 is 0 Å². The molecule has 0 spiro atoms. The van der Waals surface area contributed by atoms with Gasteiger partial charge in [0.2, 0.25) is 0 Å². The van der Waals surface area contributed by atoms with Gasteiger partial charge in [0.25, 0.3) is 0 Å². The second-order valence-corrected chi connectivity index (χ2v) is 4.98. The van der Waals surface area contributed by atoms with Crippen LogP contribution in [0.5, 0.6) is 0 Å². The van der Waals surface area contributed by atoms with E-state index in [2.05, 4.69) is 6.92 Å². The molecule has 0 aromatic carbocycles. The Morgan fingerprint density at radius 2 is 1.73 bits per heavy atom.